The van der Waals surface area contributed by atoms with E-state index in [1.807, 2.05) is 6.92 Å². The number of aromatic nitrogens is 1. The van der Waals surface area contributed by atoms with Gasteiger partial charge in [-0.1, -0.05) is 12.1 Å². The van der Waals surface area contributed by atoms with E-state index in [9.17, 15) is 0 Å². The third kappa shape index (κ3) is 3.41. The Bertz CT molecular complexity index is 357. The molecule has 1 rings (SSSR count). The summed E-state index contributed by atoms with van der Waals surface area (Å²) in [6.07, 6.45) is 1.58. The number of aliphatic hydroxyl groups is 1. The fourth-order valence-electron chi connectivity index (χ4n) is 0.934. The zero-order valence-corrected chi connectivity index (χ0v) is 9.11. The molecule has 0 amide bonds. The van der Waals surface area contributed by atoms with Crippen molar-refractivity contribution in [3.63, 3.8) is 0 Å². The quantitative estimate of drug-likeness (QED) is 0.231. The first-order valence-electron chi connectivity index (χ1n) is 4.39. The van der Waals surface area contributed by atoms with Crippen molar-refractivity contribution in [3.05, 3.63) is 23.9 Å². The molecule has 0 aliphatic carbocycles. The van der Waals surface area contributed by atoms with Crippen molar-refractivity contribution in [1.82, 2.24) is 4.98 Å². The lowest BCUT2D eigenvalue weighted by Gasteiger charge is -2.07. The zero-order valence-electron chi connectivity index (χ0n) is 8.29. The lowest BCUT2D eigenvalue weighted by molar-refractivity contribution is 0.300. The smallest absolute Gasteiger partial charge is 0.170 e. The molecular formula is C9H13N3O2S. The zero-order chi connectivity index (χ0) is 11.3. The van der Waals surface area contributed by atoms with Crippen LogP contribution in [-0.4, -0.2) is 33.0 Å². The number of nitrogens with zero attached hydrogens (tertiary/aromatic N) is 2. The van der Waals surface area contributed by atoms with E-state index in [0.29, 0.717) is 5.56 Å². The third-order valence-corrected chi connectivity index (χ3v) is 2.73. The fraction of sp³-hybridized carbons (Fsp3) is 0.333. The van der Waals surface area contributed by atoms with Crippen LogP contribution >= 0.6 is 11.8 Å². The molecule has 0 aromatic carbocycles. The maximum atomic E-state index is 8.88. The minimum absolute atomic E-state index is 0.0518. The Kier molecular flexibility index (Phi) is 4.38. The van der Waals surface area contributed by atoms with Crippen molar-refractivity contribution < 1.29 is 10.3 Å². The number of amidine groups is 1. The highest BCUT2D eigenvalue weighted by Gasteiger charge is 2.06. The van der Waals surface area contributed by atoms with Gasteiger partial charge in [0.2, 0.25) is 0 Å². The average molecular weight is 227 g/mol. The summed E-state index contributed by atoms with van der Waals surface area (Å²) in [4.78, 5) is 4.10. The molecule has 82 valence electrons. The normalized spacial score (nSPS) is 13.9. The number of aliphatic hydroxyl groups excluding tert-OH is 1. The minimum atomic E-state index is 0.0518. The van der Waals surface area contributed by atoms with E-state index in [2.05, 4.69) is 10.1 Å². The highest BCUT2D eigenvalue weighted by atomic mass is 32.2. The van der Waals surface area contributed by atoms with Crippen LogP contribution in [0.25, 0.3) is 0 Å². The molecule has 0 aliphatic rings. The Hall–Kier alpha value is -1.27. The van der Waals surface area contributed by atoms with Gasteiger partial charge in [0.05, 0.1) is 11.6 Å². The van der Waals surface area contributed by atoms with E-state index < -0.39 is 0 Å². The summed E-state index contributed by atoms with van der Waals surface area (Å²) in [6.45, 7) is 1.97. The molecular weight excluding hydrogens is 214 g/mol. The highest BCUT2D eigenvalue weighted by molar-refractivity contribution is 7.99. The van der Waals surface area contributed by atoms with Gasteiger partial charge in [0.1, 0.15) is 0 Å². The Morgan fingerprint density at radius 1 is 1.73 bits per heavy atom. The van der Waals surface area contributed by atoms with Gasteiger partial charge in [0, 0.05) is 17.0 Å². The van der Waals surface area contributed by atoms with Gasteiger partial charge in [-0.2, -0.15) is 0 Å². The molecule has 5 nitrogen and oxygen atoms in total. The summed E-state index contributed by atoms with van der Waals surface area (Å²) < 4.78 is 0. The molecule has 1 aromatic heterocycles. The standard InChI is InChI=1S/C9H13N3O2S/c1-6(5-13)15-8-4-7(2-3-11-8)9(10)12-14/h2-4,6,13-14H,5H2,1H3,(H2,10,12). The molecule has 15 heavy (non-hydrogen) atoms. The maximum absolute atomic E-state index is 8.88. The SMILES string of the molecule is CC(CO)Sc1cc(/C(N)=N/O)ccn1. The van der Waals surface area contributed by atoms with Crippen LogP contribution < -0.4 is 5.73 Å². The van der Waals surface area contributed by atoms with Gasteiger partial charge < -0.3 is 16.0 Å². The van der Waals surface area contributed by atoms with Crippen LogP contribution in [0.2, 0.25) is 0 Å². The van der Waals surface area contributed by atoms with E-state index in [1.165, 1.54) is 11.8 Å². The molecule has 0 radical (unpaired) electrons. The van der Waals surface area contributed by atoms with E-state index >= 15 is 0 Å². The first-order valence-corrected chi connectivity index (χ1v) is 5.26. The van der Waals surface area contributed by atoms with Crippen molar-refractivity contribution in [1.29, 1.82) is 0 Å². The molecule has 1 atom stereocenters. The maximum Gasteiger partial charge on any atom is 0.170 e. The summed E-state index contributed by atoms with van der Waals surface area (Å²) in [7, 11) is 0. The second-order valence-corrected chi connectivity index (χ2v) is 4.44. The molecule has 0 bridgehead atoms. The van der Waals surface area contributed by atoms with Crippen LogP contribution in [0.15, 0.2) is 28.5 Å². The molecule has 1 heterocycles. The van der Waals surface area contributed by atoms with Gasteiger partial charge in [-0.3, -0.25) is 0 Å². The predicted octanol–water partition coefficient (Wildman–Crippen LogP) is 0.649. The summed E-state index contributed by atoms with van der Waals surface area (Å²) >= 11 is 1.43. The first kappa shape index (κ1) is 11.8. The number of thioether (sulfide) groups is 1. The molecule has 0 aliphatic heterocycles. The predicted molar refractivity (Wildman–Crippen MR) is 59.2 cm³/mol. The minimum Gasteiger partial charge on any atom is -0.409 e. The largest absolute Gasteiger partial charge is 0.409 e. The topological polar surface area (TPSA) is 91.7 Å². The Morgan fingerprint density at radius 3 is 3.07 bits per heavy atom. The molecule has 0 saturated carbocycles. The average Bonchev–Trinajstić information content (AvgIpc) is 2.28. The summed E-state index contributed by atoms with van der Waals surface area (Å²) in [6, 6.07) is 3.37. The summed E-state index contributed by atoms with van der Waals surface area (Å²) in [5.41, 5.74) is 6.05. The van der Waals surface area contributed by atoms with Crippen LogP contribution in [0.3, 0.4) is 0 Å². The Balaban J connectivity index is 2.83. The van der Waals surface area contributed by atoms with Crippen LogP contribution in [0.5, 0.6) is 0 Å². The van der Waals surface area contributed by atoms with Crippen molar-refractivity contribution >= 4 is 17.6 Å². The molecule has 0 fully saturated rings. The van der Waals surface area contributed by atoms with Crippen molar-refractivity contribution in [2.75, 3.05) is 6.61 Å². The number of oxime groups is 1. The summed E-state index contributed by atoms with van der Waals surface area (Å²) in [5, 5.41) is 21.1. The molecule has 0 spiro atoms. The number of hydrogen-bond acceptors (Lipinski definition) is 5. The van der Waals surface area contributed by atoms with E-state index in [-0.39, 0.29) is 17.7 Å². The molecule has 6 heteroatoms. The monoisotopic (exact) mass is 227 g/mol. The van der Waals surface area contributed by atoms with Crippen molar-refractivity contribution in [3.8, 4) is 0 Å². The third-order valence-electron chi connectivity index (χ3n) is 1.72. The van der Waals surface area contributed by atoms with E-state index in [1.54, 1.807) is 18.3 Å². The highest BCUT2D eigenvalue weighted by Crippen LogP contribution is 2.21. The number of pyridine rings is 1. The molecule has 4 N–H and O–H groups in total. The molecule has 1 aromatic rings. The molecule has 0 saturated heterocycles. The van der Waals surface area contributed by atoms with Gasteiger partial charge in [-0.25, -0.2) is 4.98 Å². The van der Waals surface area contributed by atoms with Crippen molar-refractivity contribution in [2.24, 2.45) is 10.9 Å². The van der Waals surface area contributed by atoms with Gasteiger partial charge in [0.15, 0.2) is 5.84 Å². The van der Waals surface area contributed by atoms with Gasteiger partial charge in [-0.15, -0.1) is 11.8 Å². The Labute approximate surface area is 92.0 Å². The Morgan fingerprint density at radius 2 is 2.47 bits per heavy atom. The van der Waals surface area contributed by atoms with Gasteiger partial charge in [-0.05, 0) is 12.1 Å². The number of rotatable bonds is 4. The van der Waals surface area contributed by atoms with Gasteiger partial charge in [0.25, 0.3) is 0 Å². The van der Waals surface area contributed by atoms with Gasteiger partial charge >= 0.3 is 0 Å². The fourth-order valence-corrected chi connectivity index (χ4v) is 1.74. The van der Waals surface area contributed by atoms with Crippen LogP contribution in [0.4, 0.5) is 0 Å². The van der Waals surface area contributed by atoms with E-state index in [4.69, 9.17) is 16.0 Å². The second kappa shape index (κ2) is 5.57. The lowest BCUT2D eigenvalue weighted by Crippen LogP contribution is -2.13. The lowest BCUT2D eigenvalue weighted by atomic mass is 10.2. The van der Waals surface area contributed by atoms with Crippen LogP contribution in [0.1, 0.15) is 12.5 Å². The van der Waals surface area contributed by atoms with E-state index in [0.717, 1.165) is 5.03 Å². The number of hydrogen-bond donors (Lipinski definition) is 3. The van der Waals surface area contributed by atoms with Crippen molar-refractivity contribution in [2.45, 2.75) is 17.2 Å². The summed E-state index contributed by atoms with van der Waals surface area (Å²) in [5.74, 6) is 0.0518. The second-order valence-electron chi connectivity index (χ2n) is 2.98. The molecule has 1 unspecified atom stereocenters. The van der Waals surface area contributed by atoms with Crippen LogP contribution in [-0.2, 0) is 0 Å². The number of nitrogens with two attached hydrogens (primary N) is 1. The first-order chi connectivity index (χ1) is 7.17. The van der Waals surface area contributed by atoms with Crippen LogP contribution in [0, 0.1) is 0 Å².